The molecule has 1 atom stereocenters. The fourth-order valence-electron chi connectivity index (χ4n) is 1.56. The largest absolute Gasteiger partial charge is 0.379 e. The van der Waals surface area contributed by atoms with Gasteiger partial charge in [-0.15, -0.1) is 0 Å². The third-order valence-corrected chi connectivity index (χ3v) is 2.84. The fraction of sp³-hybridized carbons (Fsp3) is 1.00. The minimum Gasteiger partial charge on any atom is -0.379 e. The van der Waals surface area contributed by atoms with Crippen molar-refractivity contribution >= 4 is 0 Å². The van der Waals surface area contributed by atoms with Gasteiger partial charge in [0, 0.05) is 19.2 Å². The summed E-state index contributed by atoms with van der Waals surface area (Å²) >= 11 is 0. The Morgan fingerprint density at radius 2 is 1.94 bits per heavy atom. The van der Waals surface area contributed by atoms with Gasteiger partial charge in [0.15, 0.2) is 0 Å². The molecule has 1 aliphatic carbocycles. The molecule has 0 amide bonds. The van der Waals surface area contributed by atoms with Crippen molar-refractivity contribution in [2.45, 2.75) is 52.2 Å². The molecule has 16 heavy (non-hydrogen) atoms. The Hall–Kier alpha value is -0.120. The van der Waals surface area contributed by atoms with Gasteiger partial charge in [0.1, 0.15) is 0 Å². The van der Waals surface area contributed by atoms with E-state index in [1.54, 1.807) is 0 Å². The van der Waals surface area contributed by atoms with Gasteiger partial charge in [-0.25, -0.2) is 0 Å². The van der Waals surface area contributed by atoms with Crippen LogP contribution in [0.1, 0.15) is 40.0 Å². The standard InChI is InChI=1S/C13H27NO2/c1-4-7-15-8-9-16-13(11(2)3)10-14-12-5-6-12/h11-14H,4-10H2,1-3H3. The number of nitrogens with one attached hydrogen (secondary N) is 1. The van der Waals surface area contributed by atoms with Crippen LogP contribution in [0, 0.1) is 5.92 Å². The van der Waals surface area contributed by atoms with Crippen molar-refractivity contribution < 1.29 is 9.47 Å². The summed E-state index contributed by atoms with van der Waals surface area (Å²) in [4.78, 5) is 0. The van der Waals surface area contributed by atoms with E-state index in [1.165, 1.54) is 12.8 Å². The Kier molecular flexibility index (Phi) is 7.01. The number of ether oxygens (including phenoxy) is 2. The van der Waals surface area contributed by atoms with Crippen LogP contribution in [0.4, 0.5) is 0 Å². The second-order valence-corrected chi connectivity index (χ2v) is 4.95. The highest BCUT2D eigenvalue weighted by molar-refractivity contribution is 4.82. The monoisotopic (exact) mass is 229 g/mol. The Labute approximate surface area is 99.9 Å². The zero-order valence-electron chi connectivity index (χ0n) is 11.0. The van der Waals surface area contributed by atoms with Crippen LogP contribution < -0.4 is 5.32 Å². The van der Waals surface area contributed by atoms with E-state index < -0.39 is 0 Å². The molecule has 1 rings (SSSR count). The van der Waals surface area contributed by atoms with Crippen molar-refractivity contribution in [3.05, 3.63) is 0 Å². The molecule has 0 aliphatic heterocycles. The first-order valence-electron chi connectivity index (χ1n) is 6.66. The highest BCUT2D eigenvalue weighted by Gasteiger charge is 2.23. The minimum absolute atomic E-state index is 0.325. The molecule has 1 saturated carbocycles. The molecular weight excluding hydrogens is 202 g/mol. The lowest BCUT2D eigenvalue weighted by Crippen LogP contribution is -2.35. The van der Waals surface area contributed by atoms with Crippen molar-refractivity contribution in [1.82, 2.24) is 5.32 Å². The van der Waals surface area contributed by atoms with Crippen molar-refractivity contribution in [2.24, 2.45) is 5.92 Å². The van der Waals surface area contributed by atoms with Gasteiger partial charge < -0.3 is 14.8 Å². The third-order valence-electron chi connectivity index (χ3n) is 2.84. The summed E-state index contributed by atoms with van der Waals surface area (Å²) < 4.78 is 11.2. The molecule has 0 radical (unpaired) electrons. The molecule has 0 aromatic carbocycles. The first-order valence-corrected chi connectivity index (χ1v) is 6.66. The molecule has 0 bridgehead atoms. The first-order chi connectivity index (χ1) is 7.74. The minimum atomic E-state index is 0.325. The van der Waals surface area contributed by atoms with E-state index in [2.05, 4.69) is 26.1 Å². The molecule has 3 heteroatoms. The van der Waals surface area contributed by atoms with Gasteiger partial charge in [0.2, 0.25) is 0 Å². The lowest BCUT2D eigenvalue weighted by molar-refractivity contribution is -0.0140. The summed E-state index contributed by atoms with van der Waals surface area (Å²) in [5.74, 6) is 0.567. The highest BCUT2D eigenvalue weighted by atomic mass is 16.5. The summed E-state index contributed by atoms with van der Waals surface area (Å²) in [5.41, 5.74) is 0. The molecule has 1 fully saturated rings. The number of hydrogen-bond donors (Lipinski definition) is 1. The molecule has 1 unspecified atom stereocenters. The zero-order valence-corrected chi connectivity index (χ0v) is 11.0. The van der Waals surface area contributed by atoms with Gasteiger partial charge in [0.05, 0.1) is 19.3 Å². The predicted octanol–water partition coefficient (Wildman–Crippen LogP) is 2.21. The van der Waals surface area contributed by atoms with Gasteiger partial charge in [-0.1, -0.05) is 20.8 Å². The van der Waals surface area contributed by atoms with Crippen molar-refractivity contribution in [1.29, 1.82) is 0 Å². The van der Waals surface area contributed by atoms with Crippen molar-refractivity contribution in [3.63, 3.8) is 0 Å². The molecule has 0 spiro atoms. The zero-order chi connectivity index (χ0) is 11.8. The van der Waals surface area contributed by atoms with E-state index in [9.17, 15) is 0 Å². The van der Waals surface area contributed by atoms with Crippen LogP contribution in [-0.4, -0.2) is 38.5 Å². The van der Waals surface area contributed by atoms with E-state index in [1.807, 2.05) is 0 Å². The average Bonchev–Trinajstić information content (AvgIpc) is 3.05. The van der Waals surface area contributed by atoms with Gasteiger partial charge in [-0.3, -0.25) is 0 Å². The molecule has 96 valence electrons. The van der Waals surface area contributed by atoms with E-state index in [0.717, 1.165) is 38.8 Å². The lowest BCUT2D eigenvalue weighted by atomic mass is 10.1. The van der Waals surface area contributed by atoms with Crippen LogP contribution in [0.25, 0.3) is 0 Å². The Morgan fingerprint density at radius 3 is 2.50 bits per heavy atom. The van der Waals surface area contributed by atoms with Crippen LogP contribution >= 0.6 is 0 Å². The number of hydrogen-bond acceptors (Lipinski definition) is 3. The topological polar surface area (TPSA) is 30.5 Å². The quantitative estimate of drug-likeness (QED) is 0.583. The van der Waals surface area contributed by atoms with Crippen LogP contribution in [0.3, 0.4) is 0 Å². The maximum atomic E-state index is 5.84. The first kappa shape index (κ1) is 13.9. The molecular formula is C13H27NO2. The van der Waals surface area contributed by atoms with Crippen LogP contribution in [0.15, 0.2) is 0 Å². The van der Waals surface area contributed by atoms with Crippen LogP contribution in [0.2, 0.25) is 0 Å². The molecule has 0 heterocycles. The summed E-state index contributed by atoms with van der Waals surface area (Å²) in [6.45, 7) is 9.82. The second kappa shape index (κ2) is 8.04. The van der Waals surface area contributed by atoms with Crippen LogP contribution in [0.5, 0.6) is 0 Å². The Balaban J connectivity index is 2.02. The predicted molar refractivity (Wildman–Crippen MR) is 66.7 cm³/mol. The molecule has 0 aromatic heterocycles. The van der Waals surface area contributed by atoms with Crippen molar-refractivity contribution in [2.75, 3.05) is 26.4 Å². The maximum Gasteiger partial charge on any atom is 0.0723 e. The average molecular weight is 229 g/mol. The summed E-state index contributed by atoms with van der Waals surface area (Å²) in [5, 5.41) is 3.52. The molecule has 1 aliphatic rings. The highest BCUT2D eigenvalue weighted by Crippen LogP contribution is 2.19. The van der Waals surface area contributed by atoms with Gasteiger partial charge >= 0.3 is 0 Å². The van der Waals surface area contributed by atoms with Gasteiger partial charge in [-0.2, -0.15) is 0 Å². The van der Waals surface area contributed by atoms with Crippen molar-refractivity contribution in [3.8, 4) is 0 Å². The van der Waals surface area contributed by atoms with Crippen LogP contribution in [-0.2, 0) is 9.47 Å². The Morgan fingerprint density at radius 1 is 1.19 bits per heavy atom. The fourth-order valence-corrected chi connectivity index (χ4v) is 1.56. The summed E-state index contributed by atoms with van der Waals surface area (Å²) in [6.07, 6.45) is 4.08. The molecule has 3 nitrogen and oxygen atoms in total. The Bertz CT molecular complexity index is 169. The van der Waals surface area contributed by atoms with Gasteiger partial charge in [-0.05, 0) is 25.2 Å². The SMILES string of the molecule is CCCOCCOC(CNC1CC1)C(C)C. The van der Waals surface area contributed by atoms with E-state index in [0.29, 0.717) is 12.0 Å². The van der Waals surface area contributed by atoms with E-state index in [-0.39, 0.29) is 0 Å². The second-order valence-electron chi connectivity index (χ2n) is 4.95. The molecule has 1 N–H and O–H groups in total. The van der Waals surface area contributed by atoms with E-state index >= 15 is 0 Å². The summed E-state index contributed by atoms with van der Waals surface area (Å²) in [7, 11) is 0. The van der Waals surface area contributed by atoms with E-state index in [4.69, 9.17) is 9.47 Å². The molecule has 0 aromatic rings. The lowest BCUT2D eigenvalue weighted by Gasteiger charge is -2.22. The van der Waals surface area contributed by atoms with Gasteiger partial charge in [0.25, 0.3) is 0 Å². The smallest absolute Gasteiger partial charge is 0.0723 e. The third kappa shape index (κ3) is 6.46. The summed E-state index contributed by atoms with van der Waals surface area (Å²) in [6, 6.07) is 0.765. The molecule has 0 saturated heterocycles. The normalized spacial score (nSPS) is 18.0. The number of rotatable bonds is 10. The maximum absolute atomic E-state index is 5.84.